The Kier molecular flexibility index (Phi) is 8.62. The van der Waals surface area contributed by atoms with Crippen molar-refractivity contribution in [2.24, 2.45) is 5.92 Å². The Labute approximate surface area is 195 Å². The molecule has 1 aromatic carbocycles. The SMILES string of the molecule is COC(=O)Nc1nccc(-c2ccc(OC[C@](C)(CC(C)C)NC(=O)OC(C)(C)C)cc2)n1. The Bertz CT molecular complexity index is 941. The van der Waals surface area contributed by atoms with Crippen molar-refractivity contribution in [1.82, 2.24) is 15.3 Å². The summed E-state index contributed by atoms with van der Waals surface area (Å²) in [5.41, 5.74) is 0.289. The van der Waals surface area contributed by atoms with E-state index in [9.17, 15) is 9.59 Å². The quantitative estimate of drug-likeness (QED) is 0.570. The number of hydrogen-bond acceptors (Lipinski definition) is 7. The van der Waals surface area contributed by atoms with Crippen molar-refractivity contribution >= 4 is 18.1 Å². The number of methoxy groups -OCH3 is 1. The number of nitrogens with zero attached hydrogens (tertiary/aromatic N) is 2. The number of benzene rings is 1. The van der Waals surface area contributed by atoms with Crippen molar-refractivity contribution in [3.05, 3.63) is 36.5 Å². The van der Waals surface area contributed by atoms with Gasteiger partial charge in [0.1, 0.15) is 18.0 Å². The predicted octanol–water partition coefficient (Wildman–Crippen LogP) is 5.03. The highest BCUT2D eigenvalue weighted by Gasteiger charge is 2.31. The second-order valence-corrected chi connectivity index (χ2v) is 9.48. The van der Waals surface area contributed by atoms with Gasteiger partial charge in [-0.1, -0.05) is 13.8 Å². The molecule has 0 aliphatic heterocycles. The number of alkyl carbamates (subject to hydrolysis) is 1. The first kappa shape index (κ1) is 25.9. The van der Waals surface area contributed by atoms with Crippen molar-refractivity contribution in [3.63, 3.8) is 0 Å². The van der Waals surface area contributed by atoms with Crippen molar-refractivity contribution in [3.8, 4) is 17.0 Å². The van der Waals surface area contributed by atoms with Crippen LogP contribution < -0.4 is 15.4 Å². The normalized spacial score (nSPS) is 13.1. The molecule has 1 atom stereocenters. The van der Waals surface area contributed by atoms with Crippen LogP contribution in [-0.4, -0.2) is 47.0 Å². The lowest BCUT2D eigenvalue weighted by molar-refractivity contribution is 0.0408. The van der Waals surface area contributed by atoms with Gasteiger partial charge in [0.25, 0.3) is 0 Å². The summed E-state index contributed by atoms with van der Waals surface area (Å²) in [6, 6.07) is 9.12. The molecule has 9 nitrogen and oxygen atoms in total. The summed E-state index contributed by atoms with van der Waals surface area (Å²) in [6.07, 6.45) is 1.17. The molecule has 1 aromatic heterocycles. The maximum atomic E-state index is 12.3. The van der Waals surface area contributed by atoms with E-state index in [1.165, 1.54) is 7.11 Å². The van der Waals surface area contributed by atoms with Gasteiger partial charge in [0.05, 0.1) is 18.3 Å². The second-order valence-electron chi connectivity index (χ2n) is 9.48. The van der Waals surface area contributed by atoms with Crippen molar-refractivity contribution in [2.75, 3.05) is 19.0 Å². The molecule has 0 spiro atoms. The van der Waals surface area contributed by atoms with Crippen LogP contribution >= 0.6 is 0 Å². The summed E-state index contributed by atoms with van der Waals surface area (Å²) >= 11 is 0. The lowest BCUT2D eigenvalue weighted by atomic mass is 9.91. The van der Waals surface area contributed by atoms with Crippen LogP contribution in [-0.2, 0) is 9.47 Å². The highest BCUT2D eigenvalue weighted by atomic mass is 16.6. The number of rotatable bonds is 8. The highest BCUT2D eigenvalue weighted by Crippen LogP contribution is 2.24. The fourth-order valence-electron chi connectivity index (χ4n) is 3.28. The Morgan fingerprint density at radius 3 is 2.27 bits per heavy atom. The number of carbonyl (C=O) groups excluding carboxylic acids is 2. The molecule has 2 aromatic rings. The lowest BCUT2D eigenvalue weighted by Crippen LogP contribution is -2.52. The van der Waals surface area contributed by atoms with Gasteiger partial charge in [-0.3, -0.25) is 5.32 Å². The summed E-state index contributed by atoms with van der Waals surface area (Å²) in [5, 5.41) is 5.41. The van der Waals surface area contributed by atoms with Crippen molar-refractivity contribution in [1.29, 1.82) is 0 Å². The van der Waals surface area contributed by atoms with Crippen LogP contribution in [0, 0.1) is 5.92 Å². The summed E-state index contributed by atoms with van der Waals surface area (Å²) < 4.78 is 16.0. The molecule has 0 bridgehead atoms. The number of ether oxygens (including phenoxy) is 3. The molecule has 0 aliphatic carbocycles. The van der Waals surface area contributed by atoms with E-state index in [1.807, 2.05) is 52.0 Å². The molecular weight excluding hydrogens is 424 g/mol. The van der Waals surface area contributed by atoms with Gasteiger partial charge in [0.15, 0.2) is 0 Å². The number of aromatic nitrogens is 2. The standard InChI is InChI=1S/C24H34N4O5/c1-16(2)14-24(6,28-22(30)33-23(3,4)5)15-32-18-10-8-17(9-11-18)19-12-13-25-20(26-19)27-21(29)31-7/h8-13,16H,14-15H2,1-7H3,(H,28,30)(H,25,26,27,29)/t24-/m0/s1. The number of carbonyl (C=O) groups is 2. The van der Waals surface area contributed by atoms with Gasteiger partial charge >= 0.3 is 12.2 Å². The van der Waals surface area contributed by atoms with Gasteiger partial charge in [-0.2, -0.15) is 0 Å². The zero-order valence-electron chi connectivity index (χ0n) is 20.4. The molecule has 0 radical (unpaired) electrons. The predicted molar refractivity (Wildman–Crippen MR) is 126 cm³/mol. The molecule has 180 valence electrons. The third-order valence-corrected chi connectivity index (χ3v) is 4.42. The summed E-state index contributed by atoms with van der Waals surface area (Å²) in [4.78, 5) is 32.0. The Morgan fingerprint density at radius 2 is 1.70 bits per heavy atom. The van der Waals surface area contributed by atoms with E-state index in [-0.39, 0.29) is 12.6 Å². The summed E-state index contributed by atoms with van der Waals surface area (Å²) in [7, 11) is 1.27. The van der Waals surface area contributed by atoms with E-state index in [0.717, 1.165) is 12.0 Å². The minimum absolute atomic E-state index is 0.150. The second kappa shape index (κ2) is 11.0. The third-order valence-electron chi connectivity index (χ3n) is 4.42. The highest BCUT2D eigenvalue weighted by molar-refractivity contribution is 5.82. The molecule has 9 heteroatoms. The first-order valence-electron chi connectivity index (χ1n) is 10.8. The average molecular weight is 459 g/mol. The zero-order chi connectivity index (χ0) is 24.6. The van der Waals surface area contributed by atoms with Gasteiger partial charge in [0.2, 0.25) is 5.95 Å². The molecular formula is C24H34N4O5. The number of nitrogens with one attached hydrogen (secondary N) is 2. The molecule has 0 fully saturated rings. The first-order chi connectivity index (χ1) is 15.4. The van der Waals surface area contributed by atoms with E-state index in [0.29, 0.717) is 17.4 Å². The van der Waals surface area contributed by atoms with E-state index in [4.69, 9.17) is 9.47 Å². The smallest absolute Gasteiger partial charge is 0.413 e. The van der Waals surface area contributed by atoms with Crippen LogP contribution in [0.2, 0.25) is 0 Å². The van der Waals surface area contributed by atoms with Gasteiger partial charge in [-0.25, -0.2) is 19.6 Å². The Hall–Kier alpha value is -3.36. The van der Waals surface area contributed by atoms with Crippen LogP contribution in [0.5, 0.6) is 5.75 Å². The largest absolute Gasteiger partial charge is 0.491 e. The van der Waals surface area contributed by atoms with Crippen LogP contribution in [0.3, 0.4) is 0 Å². The van der Waals surface area contributed by atoms with Crippen LogP contribution in [0.15, 0.2) is 36.5 Å². The van der Waals surface area contributed by atoms with Crippen LogP contribution in [0.4, 0.5) is 15.5 Å². The first-order valence-corrected chi connectivity index (χ1v) is 10.8. The van der Waals surface area contributed by atoms with Gasteiger partial charge in [0, 0.05) is 11.8 Å². The monoisotopic (exact) mass is 458 g/mol. The fourth-order valence-corrected chi connectivity index (χ4v) is 3.28. The minimum Gasteiger partial charge on any atom is -0.491 e. The third kappa shape index (κ3) is 8.96. The molecule has 0 saturated carbocycles. The molecule has 1 heterocycles. The molecule has 0 unspecified atom stereocenters. The number of amides is 2. The fraction of sp³-hybridized carbons (Fsp3) is 0.500. The maximum absolute atomic E-state index is 12.3. The molecule has 33 heavy (non-hydrogen) atoms. The van der Waals surface area contributed by atoms with Gasteiger partial charge in [-0.15, -0.1) is 0 Å². The lowest BCUT2D eigenvalue weighted by Gasteiger charge is -2.33. The molecule has 2 N–H and O–H groups in total. The Morgan fingerprint density at radius 1 is 1.03 bits per heavy atom. The van der Waals surface area contributed by atoms with Crippen molar-refractivity contribution in [2.45, 2.75) is 59.1 Å². The van der Waals surface area contributed by atoms with Gasteiger partial charge in [-0.05, 0) is 70.4 Å². The van der Waals surface area contributed by atoms with E-state index >= 15 is 0 Å². The summed E-state index contributed by atoms with van der Waals surface area (Å²) in [6.45, 7) is 11.9. The number of hydrogen-bond donors (Lipinski definition) is 2. The van der Waals surface area contributed by atoms with Gasteiger partial charge < -0.3 is 19.5 Å². The molecule has 0 aliphatic rings. The van der Waals surface area contributed by atoms with E-state index < -0.39 is 23.3 Å². The van der Waals surface area contributed by atoms with E-state index in [2.05, 4.69) is 39.2 Å². The number of anilines is 1. The Balaban J connectivity index is 2.07. The van der Waals surface area contributed by atoms with Crippen LogP contribution in [0.25, 0.3) is 11.3 Å². The summed E-state index contributed by atoms with van der Waals surface area (Å²) in [5.74, 6) is 1.15. The maximum Gasteiger partial charge on any atom is 0.413 e. The minimum atomic E-state index is -0.639. The molecule has 0 saturated heterocycles. The zero-order valence-corrected chi connectivity index (χ0v) is 20.4. The van der Waals surface area contributed by atoms with E-state index in [1.54, 1.807) is 12.3 Å². The topological polar surface area (TPSA) is 112 Å². The van der Waals surface area contributed by atoms with Crippen LogP contribution in [0.1, 0.15) is 48.0 Å². The molecule has 2 amide bonds. The average Bonchev–Trinajstić information content (AvgIpc) is 2.70. The van der Waals surface area contributed by atoms with Crippen molar-refractivity contribution < 1.29 is 23.8 Å². The molecule has 2 rings (SSSR count).